The summed E-state index contributed by atoms with van der Waals surface area (Å²) in [6, 6.07) is 8.88. The van der Waals surface area contributed by atoms with E-state index in [1.54, 1.807) is 18.2 Å². The maximum absolute atomic E-state index is 14.1. The lowest BCUT2D eigenvalue weighted by atomic mass is 9.81. The summed E-state index contributed by atoms with van der Waals surface area (Å²) < 4.78 is 37.1. The Labute approximate surface area is 228 Å². The summed E-state index contributed by atoms with van der Waals surface area (Å²) in [5.74, 6) is 0.323. The van der Waals surface area contributed by atoms with Crippen LogP contribution in [0.2, 0.25) is 0 Å². The Balaban J connectivity index is 1.62. The van der Waals surface area contributed by atoms with E-state index in [4.69, 9.17) is 24.9 Å². The molecule has 15 heteroatoms. The number of benzene rings is 1. The number of aliphatic hydroxyl groups excluding tert-OH is 1. The van der Waals surface area contributed by atoms with Crippen molar-refractivity contribution in [3.63, 3.8) is 0 Å². The van der Waals surface area contributed by atoms with Crippen LogP contribution < -0.4 is 20.9 Å². The van der Waals surface area contributed by atoms with Crippen LogP contribution in [-0.2, 0) is 23.4 Å². The van der Waals surface area contributed by atoms with Gasteiger partial charge in [0.05, 0.1) is 6.61 Å². The number of nitrogens with one attached hydrogen (secondary N) is 2. The van der Waals surface area contributed by atoms with Gasteiger partial charge in [0.15, 0.2) is 11.8 Å². The summed E-state index contributed by atoms with van der Waals surface area (Å²) in [4.78, 5) is 38.2. The Bertz CT molecular complexity index is 1420. The van der Waals surface area contributed by atoms with Crippen molar-refractivity contribution in [2.24, 2.45) is 5.92 Å². The van der Waals surface area contributed by atoms with Crippen LogP contribution in [-0.4, -0.2) is 74.0 Å². The van der Waals surface area contributed by atoms with Crippen molar-refractivity contribution < 1.29 is 43.2 Å². The predicted molar refractivity (Wildman–Crippen MR) is 138 cm³/mol. The van der Waals surface area contributed by atoms with Crippen molar-refractivity contribution in [3.05, 3.63) is 63.4 Å². The molecule has 2 fully saturated rings. The second-order valence-electron chi connectivity index (χ2n) is 9.66. The topological polar surface area (TPSA) is 199 Å². The van der Waals surface area contributed by atoms with Crippen LogP contribution >= 0.6 is 7.75 Å². The molecular formula is C25H30N3O11P. The molecular weight excluding hydrogens is 549 g/mol. The van der Waals surface area contributed by atoms with Crippen molar-refractivity contribution in [1.29, 1.82) is 0 Å². The number of terminal acetylenes is 1. The Hall–Kier alpha value is -3.28. The summed E-state index contributed by atoms with van der Waals surface area (Å²) in [5, 5.41) is 34.6. The van der Waals surface area contributed by atoms with Crippen molar-refractivity contribution >= 4 is 13.7 Å². The van der Waals surface area contributed by atoms with E-state index in [0.29, 0.717) is 26.1 Å². The third-order valence-corrected chi connectivity index (χ3v) is 8.73. The van der Waals surface area contributed by atoms with Gasteiger partial charge in [0.2, 0.25) is 0 Å². The molecule has 2 aromatic rings. The van der Waals surface area contributed by atoms with Gasteiger partial charge in [-0.15, -0.1) is 6.42 Å². The van der Waals surface area contributed by atoms with Crippen molar-refractivity contribution in [2.45, 2.75) is 49.3 Å². The lowest BCUT2D eigenvalue weighted by Crippen LogP contribution is -2.55. The number of aromatic nitrogens is 2. The zero-order chi connectivity index (χ0) is 29.1. The van der Waals surface area contributed by atoms with Crippen molar-refractivity contribution in [3.8, 4) is 18.1 Å². The molecule has 0 spiro atoms. The number of H-pyrrole nitrogens is 1. The molecule has 1 unspecified atom stereocenters. The highest BCUT2D eigenvalue weighted by atomic mass is 31.2. The number of aliphatic carboxylic acids is 1. The first kappa shape index (κ1) is 29.7. The lowest BCUT2D eigenvalue weighted by Gasteiger charge is -2.38. The molecule has 5 N–H and O–H groups in total. The van der Waals surface area contributed by atoms with Gasteiger partial charge in [-0.2, -0.15) is 5.09 Å². The molecule has 1 aromatic carbocycles. The van der Waals surface area contributed by atoms with Crippen molar-refractivity contribution in [1.82, 2.24) is 14.6 Å². The molecule has 0 aliphatic carbocycles. The third-order valence-electron chi connectivity index (χ3n) is 7.05. The number of carboxylic acid groups (broad SMARTS) is 1. The number of para-hydroxylation sites is 1. The first-order valence-electron chi connectivity index (χ1n) is 12.4. The molecule has 1 aromatic heterocycles. The largest absolute Gasteiger partial charge is 0.480 e. The number of hydrogen-bond donors (Lipinski definition) is 5. The highest BCUT2D eigenvalue weighted by Gasteiger charge is 2.57. The van der Waals surface area contributed by atoms with Crippen LogP contribution in [0.25, 0.3) is 0 Å². The molecule has 0 radical (unpaired) electrons. The second kappa shape index (κ2) is 11.7. The fraction of sp³-hybridized carbons (Fsp3) is 0.480. The van der Waals surface area contributed by atoms with Crippen molar-refractivity contribution in [2.75, 3.05) is 19.8 Å². The van der Waals surface area contributed by atoms with Crippen LogP contribution in [0, 0.1) is 18.3 Å². The Kier molecular flexibility index (Phi) is 8.67. The van der Waals surface area contributed by atoms with Gasteiger partial charge in [0.25, 0.3) is 5.56 Å². The fourth-order valence-corrected chi connectivity index (χ4v) is 6.45. The minimum Gasteiger partial charge on any atom is -0.480 e. The third kappa shape index (κ3) is 5.91. The van der Waals surface area contributed by atoms with Gasteiger partial charge >= 0.3 is 19.4 Å². The second-order valence-corrected chi connectivity index (χ2v) is 11.3. The number of nitrogens with zero attached hydrogens (tertiary/aromatic N) is 1. The summed E-state index contributed by atoms with van der Waals surface area (Å²) in [7, 11) is -4.53. The first-order chi connectivity index (χ1) is 18.9. The number of carboxylic acids is 1. The molecule has 6 atom stereocenters. The van der Waals surface area contributed by atoms with E-state index in [0.717, 1.165) is 16.8 Å². The number of aromatic amines is 1. The van der Waals surface area contributed by atoms with Crippen LogP contribution in [0.5, 0.6) is 5.75 Å². The van der Waals surface area contributed by atoms with Crippen LogP contribution in [0.1, 0.15) is 26.0 Å². The van der Waals surface area contributed by atoms with Crippen LogP contribution in [0.4, 0.5) is 0 Å². The highest BCUT2D eigenvalue weighted by Crippen LogP contribution is 2.49. The fourth-order valence-electron chi connectivity index (χ4n) is 4.70. The maximum atomic E-state index is 14.1. The lowest BCUT2D eigenvalue weighted by molar-refractivity contribution is -0.147. The minimum atomic E-state index is -4.53. The smallest absolute Gasteiger partial charge is 0.459 e. The van der Waals surface area contributed by atoms with Gasteiger partial charge in [-0.25, -0.2) is 9.36 Å². The number of rotatable bonds is 10. The van der Waals surface area contributed by atoms with Gasteiger partial charge in [-0.3, -0.25) is 23.7 Å². The summed E-state index contributed by atoms with van der Waals surface area (Å²) in [6.07, 6.45) is 2.28. The summed E-state index contributed by atoms with van der Waals surface area (Å²) in [5.41, 5.74) is -5.89. The first-order valence-corrected chi connectivity index (χ1v) is 13.9. The Morgan fingerprint density at radius 2 is 1.98 bits per heavy atom. The molecule has 0 bridgehead atoms. The van der Waals surface area contributed by atoms with Gasteiger partial charge in [-0.1, -0.05) is 24.1 Å². The van der Waals surface area contributed by atoms with Gasteiger partial charge < -0.3 is 29.3 Å². The van der Waals surface area contributed by atoms with E-state index >= 15 is 0 Å². The minimum absolute atomic E-state index is 0.101. The van der Waals surface area contributed by atoms with Crippen LogP contribution in [0.3, 0.4) is 0 Å². The van der Waals surface area contributed by atoms with Gasteiger partial charge in [-0.05, 0) is 37.8 Å². The summed E-state index contributed by atoms with van der Waals surface area (Å²) >= 11 is 0. The zero-order valence-corrected chi connectivity index (χ0v) is 22.4. The van der Waals surface area contributed by atoms with E-state index < -0.39 is 67.1 Å². The molecule has 2 aliphatic heterocycles. The van der Waals surface area contributed by atoms with E-state index in [2.05, 4.69) is 5.09 Å². The predicted octanol–water partition coefficient (Wildman–Crippen LogP) is 0.222. The SMILES string of the molecule is C#C[C@@]1(O)[C@H](O)[C@@H](COP(=O)(N[C@](C)(C(=O)O)C2CCOCC2)Oc2ccccc2)O[C@H]1n1ccc(=O)[nH]c1=O. The van der Waals surface area contributed by atoms with E-state index in [1.807, 2.05) is 10.9 Å². The molecule has 0 amide bonds. The molecule has 4 rings (SSSR count). The molecule has 3 heterocycles. The van der Waals surface area contributed by atoms with Crippen LogP contribution in [0.15, 0.2) is 52.2 Å². The normalized spacial score (nSPS) is 28.2. The quantitative estimate of drug-likeness (QED) is 0.190. The maximum Gasteiger partial charge on any atom is 0.459 e. The highest BCUT2D eigenvalue weighted by molar-refractivity contribution is 7.52. The van der Waals surface area contributed by atoms with Gasteiger partial charge in [0, 0.05) is 25.5 Å². The van der Waals surface area contributed by atoms with Gasteiger partial charge in [0.1, 0.15) is 23.5 Å². The average Bonchev–Trinajstić information content (AvgIpc) is 3.18. The number of carbonyl (C=O) groups is 1. The van der Waals surface area contributed by atoms with E-state index in [9.17, 15) is 34.3 Å². The molecule has 2 saturated heterocycles. The Morgan fingerprint density at radius 3 is 2.58 bits per heavy atom. The Morgan fingerprint density at radius 1 is 1.30 bits per heavy atom. The van der Waals surface area contributed by atoms with E-state index in [1.165, 1.54) is 19.1 Å². The molecule has 216 valence electrons. The monoisotopic (exact) mass is 579 g/mol. The number of hydrogen-bond acceptors (Lipinski definition) is 10. The molecule has 40 heavy (non-hydrogen) atoms. The van der Waals surface area contributed by atoms with E-state index in [-0.39, 0.29) is 5.75 Å². The summed E-state index contributed by atoms with van der Waals surface area (Å²) in [6.45, 7) is 1.29. The zero-order valence-electron chi connectivity index (χ0n) is 21.5. The number of aliphatic hydroxyl groups is 2. The standard InChI is InChI=1S/C25H30N3O11P/c1-3-25(34)20(30)18(38-21(25)28-12-9-19(29)26-23(28)33)15-37-40(35,39-17-7-5-4-6-8-17)27-24(2,22(31)32)16-10-13-36-14-11-16/h1,4-9,12,16,18,20-21,30,34H,10-11,13-15H2,2H3,(H,27,35)(H,31,32)(H,26,29,33)/t18-,20-,21-,24+,25-,40?/m1/s1. The number of ether oxygens (including phenoxy) is 2. The molecule has 0 saturated carbocycles. The molecule has 14 nitrogen and oxygen atoms in total. The average molecular weight is 579 g/mol. The molecule has 2 aliphatic rings.